The third kappa shape index (κ3) is 3.60. The van der Waals surface area contributed by atoms with Gasteiger partial charge in [-0.15, -0.1) is 11.3 Å². The number of hydrogen-bond acceptors (Lipinski definition) is 6. The van der Waals surface area contributed by atoms with Gasteiger partial charge in [-0.05, 0) is 19.8 Å². The van der Waals surface area contributed by atoms with Crippen molar-refractivity contribution in [1.82, 2.24) is 10.3 Å². The molecule has 2 heterocycles. The SMILES string of the molecule is CC(NC(=O)c1csc(-c2cccc([N+](=O)[O-])c2)n1)C1CCCO1. The molecule has 24 heavy (non-hydrogen) atoms. The molecule has 3 rings (SSSR count). The normalized spacial score (nSPS) is 18.3. The van der Waals surface area contributed by atoms with Gasteiger partial charge in [0.05, 0.1) is 17.1 Å². The van der Waals surface area contributed by atoms with Gasteiger partial charge < -0.3 is 10.1 Å². The van der Waals surface area contributed by atoms with Crippen LogP contribution in [0.1, 0.15) is 30.3 Å². The third-order valence-electron chi connectivity index (χ3n) is 3.92. The van der Waals surface area contributed by atoms with Crippen LogP contribution in [0.25, 0.3) is 10.6 Å². The fraction of sp³-hybridized carbons (Fsp3) is 0.375. The van der Waals surface area contributed by atoms with Gasteiger partial charge in [-0.1, -0.05) is 12.1 Å². The number of carbonyl (C=O) groups is 1. The van der Waals surface area contributed by atoms with Gasteiger partial charge in [-0.3, -0.25) is 14.9 Å². The van der Waals surface area contributed by atoms with Crippen molar-refractivity contribution in [3.63, 3.8) is 0 Å². The molecule has 1 amide bonds. The molecular weight excluding hydrogens is 330 g/mol. The summed E-state index contributed by atoms with van der Waals surface area (Å²) in [4.78, 5) is 27.0. The highest BCUT2D eigenvalue weighted by atomic mass is 32.1. The molecule has 1 fully saturated rings. The van der Waals surface area contributed by atoms with Crippen molar-refractivity contribution in [2.75, 3.05) is 6.61 Å². The van der Waals surface area contributed by atoms with E-state index in [4.69, 9.17) is 4.74 Å². The van der Waals surface area contributed by atoms with Gasteiger partial charge in [0.2, 0.25) is 0 Å². The summed E-state index contributed by atoms with van der Waals surface area (Å²) in [6, 6.07) is 6.14. The standard InChI is InChI=1S/C16H17N3O4S/c1-10(14-6-3-7-23-14)17-15(20)13-9-24-16(18-13)11-4-2-5-12(8-11)19(21)22/h2,4-5,8-10,14H,3,6-7H2,1H3,(H,17,20). The molecular formula is C16H17N3O4S. The van der Waals surface area contributed by atoms with E-state index >= 15 is 0 Å². The molecule has 0 aliphatic carbocycles. The van der Waals surface area contributed by atoms with Gasteiger partial charge in [0.15, 0.2) is 0 Å². The number of nitrogens with zero attached hydrogens (tertiary/aromatic N) is 2. The molecule has 2 unspecified atom stereocenters. The molecule has 7 nitrogen and oxygen atoms in total. The molecule has 1 aromatic heterocycles. The Bertz CT molecular complexity index is 755. The lowest BCUT2D eigenvalue weighted by Gasteiger charge is -2.19. The van der Waals surface area contributed by atoms with E-state index in [1.165, 1.54) is 23.5 Å². The van der Waals surface area contributed by atoms with E-state index in [1.807, 2.05) is 6.92 Å². The summed E-state index contributed by atoms with van der Waals surface area (Å²) < 4.78 is 5.57. The summed E-state index contributed by atoms with van der Waals surface area (Å²) in [6.07, 6.45) is 2.00. The second kappa shape index (κ2) is 7.06. The van der Waals surface area contributed by atoms with Gasteiger partial charge in [0, 0.05) is 29.7 Å². The number of carbonyl (C=O) groups excluding carboxylic acids is 1. The summed E-state index contributed by atoms with van der Waals surface area (Å²) in [5.74, 6) is -0.258. The van der Waals surface area contributed by atoms with Crippen molar-refractivity contribution >= 4 is 22.9 Å². The lowest BCUT2D eigenvalue weighted by molar-refractivity contribution is -0.384. The molecule has 1 aromatic carbocycles. The fourth-order valence-electron chi connectivity index (χ4n) is 2.63. The summed E-state index contributed by atoms with van der Waals surface area (Å²) in [6.45, 7) is 2.65. The average molecular weight is 347 g/mol. The van der Waals surface area contributed by atoms with Crippen LogP contribution in [0.15, 0.2) is 29.6 Å². The number of nitro groups is 1. The Labute approximate surface area is 142 Å². The minimum atomic E-state index is -0.450. The average Bonchev–Trinajstić information content (AvgIpc) is 3.26. The van der Waals surface area contributed by atoms with Crippen LogP contribution in [0.2, 0.25) is 0 Å². The molecule has 0 radical (unpaired) electrons. The first-order chi connectivity index (χ1) is 11.5. The summed E-state index contributed by atoms with van der Waals surface area (Å²) in [7, 11) is 0. The van der Waals surface area contributed by atoms with E-state index in [1.54, 1.807) is 17.5 Å². The molecule has 1 saturated heterocycles. The zero-order valence-electron chi connectivity index (χ0n) is 13.1. The molecule has 0 bridgehead atoms. The molecule has 1 N–H and O–H groups in total. The summed E-state index contributed by atoms with van der Waals surface area (Å²) in [5.41, 5.74) is 0.937. The minimum absolute atomic E-state index is 0.000654. The number of thiazole rings is 1. The number of nitrogens with one attached hydrogen (secondary N) is 1. The van der Waals surface area contributed by atoms with Crippen LogP contribution in [-0.4, -0.2) is 34.6 Å². The maximum Gasteiger partial charge on any atom is 0.271 e. The van der Waals surface area contributed by atoms with Crippen molar-refractivity contribution in [3.8, 4) is 10.6 Å². The highest BCUT2D eigenvalue weighted by Crippen LogP contribution is 2.27. The zero-order chi connectivity index (χ0) is 17.1. The monoisotopic (exact) mass is 347 g/mol. The van der Waals surface area contributed by atoms with E-state index < -0.39 is 4.92 Å². The number of amides is 1. The first-order valence-electron chi connectivity index (χ1n) is 7.67. The number of non-ortho nitro benzene ring substituents is 1. The third-order valence-corrected chi connectivity index (χ3v) is 4.81. The smallest absolute Gasteiger partial charge is 0.271 e. The molecule has 0 spiro atoms. The Hall–Kier alpha value is -2.32. The van der Waals surface area contributed by atoms with Crippen molar-refractivity contribution in [2.24, 2.45) is 0 Å². The van der Waals surface area contributed by atoms with Crippen LogP contribution < -0.4 is 5.32 Å². The van der Waals surface area contributed by atoms with E-state index in [2.05, 4.69) is 10.3 Å². The molecule has 8 heteroatoms. The predicted molar refractivity (Wildman–Crippen MR) is 90.1 cm³/mol. The first kappa shape index (κ1) is 16.5. The molecule has 2 aromatic rings. The van der Waals surface area contributed by atoms with Gasteiger partial charge in [0.25, 0.3) is 11.6 Å². The number of rotatable bonds is 5. The van der Waals surface area contributed by atoms with E-state index in [9.17, 15) is 14.9 Å². The van der Waals surface area contributed by atoms with Crippen molar-refractivity contribution < 1.29 is 14.5 Å². The lowest BCUT2D eigenvalue weighted by Crippen LogP contribution is -2.40. The highest BCUT2D eigenvalue weighted by Gasteiger charge is 2.24. The van der Waals surface area contributed by atoms with Crippen LogP contribution in [0, 0.1) is 10.1 Å². The first-order valence-corrected chi connectivity index (χ1v) is 8.55. The van der Waals surface area contributed by atoms with Crippen molar-refractivity contribution in [1.29, 1.82) is 0 Å². The maximum atomic E-state index is 12.3. The second-order valence-electron chi connectivity index (χ2n) is 5.66. The zero-order valence-corrected chi connectivity index (χ0v) is 13.9. The Balaban J connectivity index is 1.71. The quantitative estimate of drug-likeness (QED) is 0.663. The molecule has 1 aliphatic heterocycles. The van der Waals surface area contributed by atoms with E-state index in [0.29, 0.717) is 16.3 Å². The molecule has 2 atom stereocenters. The van der Waals surface area contributed by atoms with Gasteiger partial charge in [-0.25, -0.2) is 4.98 Å². The molecule has 126 valence electrons. The van der Waals surface area contributed by atoms with E-state index in [0.717, 1.165) is 19.4 Å². The Morgan fingerprint density at radius 1 is 1.54 bits per heavy atom. The van der Waals surface area contributed by atoms with Crippen LogP contribution >= 0.6 is 11.3 Å². The van der Waals surface area contributed by atoms with Gasteiger partial charge in [-0.2, -0.15) is 0 Å². The summed E-state index contributed by atoms with van der Waals surface area (Å²) >= 11 is 1.28. The fourth-order valence-corrected chi connectivity index (χ4v) is 3.43. The number of hydrogen-bond donors (Lipinski definition) is 1. The number of ether oxygens (including phenoxy) is 1. The Morgan fingerprint density at radius 2 is 2.38 bits per heavy atom. The Kier molecular flexibility index (Phi) is 4.86. The van der Waals surface area contributed by atoms with Crippen molar-refractivity contribution in [3.05, 3.63) is 45.5 Å². The summed E-state index contributed by atoms with van der Waals surface area (Å²) in [5, 5.41) is 16.0. The largest absolute Gasteiger partial charge is 0.376 e. The number of aromatic nitrogens is 1. The van der Waals surface area contributed by atoms with Crippen LogP contribution in [0.3, 0.4) is 0 Å². The maximum absolute atomic E-state index is 12.3. The molecule has 1 aliphatic rings. The van der Waals surface area contributed by atoms with Crippen LogP contribution in [-0.2, 0) is 4.74 Å². The predicted octanol–water partition coefficient (Wildman–Crippen LogP) is 3.02. The second-order valence-corrected chi connectivity index (χ2v) is 6.52. The minimum Gasteiger partial charge on any atom is -0.376 e. The lowest BCUT2D eigenvalue weighted by atomic mass is 10.1. The number of nitro benzene ring substituents is 1. The molecule has 0 saturated carbocycles. The topological polar surface area (TPSA) is 94.4 Å². The highest BCUT2D eigenvalue weighted by molar-refractivity contribution is 7.13. The Morgan fingerprint density at radius 3 is 3.08 bits per heavy atom. The van der Waals surface area contributed by atoms with Crippen LogP contribution in [0.4, 0.5) is 5.69 Å². The van der Waals surface area contributed by atoms with E-state index in [-0.39, 0.29) is 23.7 Å². The van der Waals surface area contributed by atoms with Crippen LogP contribution in [0.5, 0.6) is 0 Å². The van der Waals surface area contributed by atoms with Gasteiger partial charge in [0.1, 0.15) is 10.7 Å². The number of benzene rings is 1. The van der Waals surface area contributed by atoms with Gasteiger partial charge >= 0.3 is 0 Å². The van der Waals surface area contributed by atoms with Crippen molar-refractivity contribution in [2.45, 2.75) is 31.9 Å².